The standard InChI is InChI=1S/C14H8ClF2NO/c15-11-3-2-10(7-18)14(6-11)19-8-9-1-4-12(16)13(17)5-9/h1-6H,8H2. The Morgan fingerprint density at radius 3 is 2.58 bits per heavy atom. The van der Waals surface area contributed by atoms with Gasteiger partial charge < -0.3 is 4.74 Å². The first-order valence-electron chi connectivity index (χ1n) is 5.36. The lowest BCUT2D eigenvalue weighted by atomic mass is 10.2. The van der Waals surface area contributed by atoms with E-state index in [2.05, 4.69) is 0 Å². The molecule has 2 nitrogen and oxygen atoms in total. The Bertz CT molecular complexity index is 652. The minimum Gasteiger partial charge on any atom is -0.487 e. The molecule has 0 amide bonds. The molecule has 0 fully saturated rings. The minimum absolute atomic E-state index is 0.0201. The lowest BCUT2D eigenvalue weighted by Crippen LogP contribution is -1.98. The highest BCUT2D eigenvalue weighted by atomic mass is 35.5. The van der Waals surface area contributed by atoms with Crippen LogP contribution in [-0.2, 0) is 6.61 Å². The van der Waals surface area contributed by atoms with Crippen LogP contribution in [0.5, 0.6) is 5.75 Å². The lowest BCUT2D eigenvalue weighted by molar-refractivity contribution is 0.304. The topological polar surface area (TPSA) is 33.0 Å². The molecule has 0 saturated heterocycles. The fraction of sp³-hybridized carbons (Fsp3) is 0.0714. The quantitative estimate of drug-likeness (QED) is 0.848. The van der Waals surface area contributed by atoms with Crippen LogP contribution in [0.25, 0.3) is 0 Å². The van der Waals surface area contributed by atoms with Crippen LogP contribution in [0, 0.1) is 23.0 Å². The van der Waals surface area contributed by atoms with E-state index < -0.39 is 11.6 Å². The molecule has 0 atom stereocenters. The Morgan fingerprint density at radius 1 is 1.11 bits per heavy atom. The van der Waals surface area contributed by atoms with E-state index in [-0.39, 0.29) is 6.61 Å². The smallest absolute Gasteiger partial charge is 0.159 e. The van der Waals surface area contributed by atoms with Crippen LogP contribution >= 0.6 is 11.6 Å². The highest BCUT2D eigenvalue weighted by Gasteiger charge is 2.06. The zero-order valence-corrected chi connectivity index (χ0v) is 10.4. The maximum Gasteiger partial charge on any atom is 0.159 e. The number of nitriles is 1. The van der Waals surface area contributed by atoms with Gasteiger partial charge >= 0.3 is 0 Å². The second-order valence-electron chi connectivity index (χ2n) is 3.79. The van der Waals surface area contributed by atoms with E-state index in [0.29, 0.717) is 21.9 Å². The predicted molar refractivity (Wildman–Crippen MR) is 66.9 cm³/mol. The summed E-state index contributed by atoms with van der Waals surface area (Å²) in [5.41, 5.74) is 0.787. The molecule has 2 aromatic carbocycles. The molecule has 0 heterocycles. The number of hydrogen-bond acceptors (Lipinski definition) is 2. The van der Waals surface area contributed by atoms with E-state index >= 15 is 0 Å². The Kier molecular flexibility index (Phi) is 3.98. The summed E-state index contributed by atoms with van der Waals surface area (Å²) in [6.07, 6.45) is 0. The maximum absolute atomic E-state index is 13.0. The number of benzene rings is 2. The number of ether oxygens (including phenoxy) is 1. The van der Waals surface area contributed by atoms with Crippen molar-refractivity contribution in [3.8, 4) is 11.8 Å². The van der Waals surface area contributed by atoms with Crippen molar-refractivity contribution < 1.29 is 13.5 Å². The monoisotopic (exact) mass is 279 g/mol. The zero-order valence-electron chi connectivity index (χ0n) is 9.66. The van der Waals surface area contributed by atoms with Crippen molar-refractivity contribution in [2.24, 2.45) is 0 Å². The van der Waals surface area contributed by atoms with Gasteiger partial charge in [0.1, 0.15) is 18.4 Å². The third kappa shape index (κ3) is 3.21. The molecule has 5 heteroatoms. The average Bonchev–Trinajstić information content (AvgIpc) is 2.40. The SMILES string of the molecule is N#Cc1ccc(Cl)cc1OCc1ccc(F)c(F)c1. The molecule has 0 aliphatic heterocycles. The third-order valence-corrected chi connectivity index (χ3v) is 2.68. The van der Waals surface area contributed by atoms with E-state index in [0.717, 1.165) is 12.1 Å². The maximum atomic E-state index is 13.0. The normalized spacial score (nSPS) is 10.0. The van der Waals surface area contributed by atoms with Gasteiger partial charge in [-0.05, 0) is 29.8 Å². The summed E-state index contributed by atoms with van der Waals surface area (Å²) in [5.74, 6) is -1.54. The van der Waals surface area contributed by atoms with Gasteiger partial charge in [0.2, 0.25) is 0 Å². The third-order valence-electron chi connectivity index (χ3n) is 2.44. The van der Waals surface area contributed by atoms with E-state index in [9.17, 15) is 8.78 Å². The van der Waals surface area contributed by atoms with Gasteiger partial charge in [0.25, 0.3) is 0 Å². The second-order valence-corrected chi connectivity index (χ2v) is 4.23. The Morgan fingerprint density at radius 2 is 1.89 bits per heavy atom. The summed E-state index contributed by atoms with van der Waals surface area (Å²) < 4.78 is 31.2. The summed E-state index contributed by atoms with van der Waals surface area (Å²) in [6.45, 7) is 0.0201. The van der Waals surface area contributed by atoms with Crippen LogP contribution in [0.2, 0.25) is 5.02 Å². The number of halogens is 3. The summed E-state index contributed by atoms with van der Waals surface area (Å²) in [7, 11) is 0. The minimum atomic E-state index is -0.937. The Hall–Kier alpha value is -2.12. The van der Waals surface area contributed by atoms with Crippen molar-refractivity contribution in [1.29, 1.82) is 5.26 Å². The van der Waals surface area contributed by atoms with Gasteiger partial charge in [0, 0.05) is 11.1 Å². The Labute approximate surface area is 113 Å². The van der Waals surface area contributed by atoms with Gasteiger partial charge in [-0.3, -0.25) is 0 Å². The molecule has 0 radical (unpaired) electrons. The van der Waals surface area contributed by atoms with Crippen LogP contribution in [0.15, 0.2) is 36.4 Å². The highest BCUT2D eigenvalue weighted by Crippen LogP contribution is 2.23. The molecule has 0 aliphatic rings. The second kappa shape index (κ2) is 5.68. The largest absolute Gasteiger partial charge is 0.487 e. The van der Waals surface area contributed by atoms with Gasteiger partial charge in [-0.25, -0.2) is 8.78 Å². The van der Waals surface area contributed by atoms with Crippen molar-refractivity contribution in [1.82, 2.24) is 0 Å². The van der Waals surface area contributed by atoms with Gasteiger partial charge in [0.15, 0.2) is 11.6 Å². The van der Waals surface area contributed by atoms with E-state index in [1.165, 1.54) is 18.2 Å². The molecule has 0 saturated carbocycles. The van der Waals surface area contributed by atoms with E-state index in [1.807, 2.05) is 6.07 Å². The van der Waals surface area contributed by atoms with Crippen molar-refractivity contribution in [2.45, 2.75) is 6.61 Å². The fourth-order valence-electron chi connectivity index (χ4n) is 1.50. The first-order chi connectivity index (χ1) is 9.10. The molecular formula is C14H8ClF2NO. The van der Waals surface area contributed by atoms with Gasteiger partial charge in [-0.15, -0.1) is 0 Å². The summed E-state index contributed by atoms with van der Waals surface area (Å²) in [6, 6.07) is 10.1. The first-order valence-corrected chi connectivity index (χ1v) is 5.74. The molecule has 96 valence electrons. The van der Waals surface area contributed by atoms with Crippen LogP contribution in [0.1, 0.15) is 11.1 Å². The summed E-state index contributed by atoms with van der Waals surface area (Å²) in [4.78, 5) is 0. The molecule has 0 bridgehead atoms. The van der Waals surface area contributed by atoms with E-state index in [4.69, 9.17) is 21.6 Å². The number of rotatable bonds is 3. The van der Waals surface area contributed by atoms with E-state index in [1.54, 1.807) is 6.07 Å². The van der Waals surface area contributed by atoms with Gasteiger partial charge in [-0.1, -0.05) is 17.7 Å². The summed E-state index contributed by atoms with van der Waals surface area (Å²) in [5, 5.41) is 9.33. The molecular weight excluding hydrogens is 272 g/mol. The van der Waals surface area contributed by atoms with Gasteiger partial charge in [0.05, 0.1) is 5.56 Å². The predicted octanol–water partition coefficient (Wildman–Crippen LogP) is 4.07. The molecule has 0 spiro atoms. The lowest BCUT2D eigenvalue weighted by Gasteiger charge is -2.08. The van der Waals surface area contributed by atoms with Crippen molar-refractivity contribution in [2.75, 3.05) is 0 Å². The zero-order chi connectivity index (χ0) is 13.8. The van der Waals surface area contributed by atoms with Crippen LogP contribution in [0.4, 0.5) is 8.78 Å². The number of hydrogen-bond donors (Lipinski definition) is 0. The van der Waals surface area contributed by atoms with Crippen molar-refractivity contribution in [3.63, 3.8) is 0 Å². The van der Waals surface area contributed by atoms with Gasteiger partial charge in [-0.2, -0.15) is 5.26 Å². The molecule has 0 N–H and O–H groups in total. The summed E-state index contributed by atoms with van der Waals surface area (Å²) >= 11 is 5.80. The highest BCUT2D eigenvalue weighted by molar-refractivity contribution is 6.30. The molecule has 0 unspecified atom stereocenters. The fourth-order valence-corrected chi connectivity index (χ4v) is 1.66. The van der Waals surface area contributed by atoms with Crippen LogP contribution in [-0.4, -0.2) is 0 Å². The Balaban J connectivity index is 2.16. The molecule has 0 aliphatic carbocycles. The van der Waals surface area contributed by atoms with Crippen molar-refractivity contribution >= 4 is 11.6 Å². The average molecular weight is 280 g/mol. The first kappa shape index (κ1) is 13.3. The molecule has 19 heavy (non-hydrogen) atoms. The van der Waals surface area contributed by atoms with Crippen LogP contribution < -0.4 is 4.74 Å². The van der Waals surface area contributed by atoms with Crippen molar-refractivity contribution in [3.05, 3.63) is 64.2 Å². The molecule has 2 aromatic rings. The number of nitrogens with zero attached hydrogens (tertiary/aromatic N) is 1. The van der Waals surface area contributed by atoms with Crippen LogP contribution in [0.3, 0.4) is 0 Å². The molecule has 0 aromatic heterocycles. The molecule has 2 rings (SSSR count).